The van der Waals surface area contributed by atoms with Crippen LogP contribution in [0.1, 0.15) is 106 Å². The van der Waals surface area contributed by atoms with Crippen molar-refractivity contribution >= 4 is 44.8 Å². The van der Waals surface area contributed by atoms with Gasteiger partial charge in [-0.15, -0.1) is 0 Å². The van der Waals surface area contributed by atoms with E-state index in [-0.39, 0.29) is 27.7 Å². The summed E-state index contributed by atoms with van der Waals surface area (Å²) < 4.78 is 0. The van der Waals surface area contributed by atoms with Gasteiger partial charge in [0.1, 0.15) is 0 Å². The third-order valence-corrected chi connectivity index (χ3v) is 18.1. The van der Waals surface area contributed by atoms with E-state index in [4.69, 9.17) is 0 Å². The Bertz CT molecular complexity index is 3840. The van der Waals surface area contributed by atoms with Crippen LogP contribution >= 0.6 is 0 Å². The number of para-hydroxylation sites is 2. The average molecular weight is 929 g/mol. The van der Waals surface area contributed by atoms with Crippen LogP contribution in [0.2, 0.25) is 0 Å². The first-order chi connectivity index (χ1) is 34.7. The Morgan fingerprint density at radius 1 is 0.333 bits per heavy atom. The Labute approximate surface area is 425 Å². The van der Waals surface area contributed by atoms with E-state index in [0.29, 0.717) is 0 Å². The molecule has 0 aliphatic heterocycles. The Hall–Kier alpha value is -7.68. The van der Waals surface area contributed by atoms with Crippen LogP contribution in [0.15, 0.2) is 206 Å². The highest BCUT2D eigenvalue weighted by Crippen LogP contribution is 2.59. The zero-order valence-electron chi connectivity index (χ0n) is 42.7. The summed E-state index contributed by atoms with van der Waals surface area (Å²) in [6, 6.07) is 71.5. The molecule has 5 aliphatic carbocycles. The van der Waals surface area contributed by atoms with Crippen molar-refractivity contribution in [3.63, 3.8) is 0 Å². The van der Waals surface area contributed by atoms with Crippen molar-refractivity contribution in [2.75, 3.05) is 9.80 Å². The molecule has 9 aromatic rings. The van der Waals surface area contributed by atoms with Gasteiger partial charge in [0.25, 0.3) is 0 Å². The highest BCUT2D eigenvalue weighted by molar-refractivity contribution is 6.12. The highest BCUT2D eigenvalue weighted by atomic mass is 15.2. The molecule has 9 aromatic carbocycles. The minimum atomic E-state index is -0.256. The molecule has 72 heavy (non-hydrogen) atoms. The number of hydrogen-bond acceptors (Lipinski definition) is 2. The van der Waals surface area contributed by atoms with Gasteiger partial charge >= 0.3 is 0 Å². The first-order valence-corrected chi connectivity index (χ1v) is 26.1. The second kappa shape index (κ2) is 14.9. The molecule has 0 saturated heterocycles. The number of rotatable bonds is 6. The van der Waals surface area contributed by atoms with Crippen molar-refractivity contribution < 1.29 is 0 Å². The van der Waals surface area contributed by atoms with Gasteiger partial charge in [0.05, 0.1) is 6.04 Å². The van der Waals surface area contributed by atoms with Gasteiger partial charge in [-0.25, -0.2) is 0 Å². The van der Waals surface area contributed by atoms with Gasteiger partial charge < -0.3 is 9.80 Å². The van der Waals surface area contributed by atoms with Crippen LogP contribution in [-0.2, 0) is 21.7 Å². The summed E-state index contributed by atoms with van der Waals surface area (Å²) in [5.74, 6) is 0. The van der Waals surface area contributed by atoms with Crippen LogP contribution in [0.25, 0.3) is 49.7 Å². The summed E-state index contributed by atoms with van der Waals surface area (Å²) in [4.78, 5) is 5.07. The van der Waals surface area contributed by atoms with Gasteiger partial charge in [-0.05, 0) is 167 Å². The zero-order chi connectivity index (χ0) is 49.1. The summed E-state index contributed by atoms with van der Waals surface area (Å²) in [5.41, 5.74) is 27.5. The first kappa shape index (κ1) is 43.1. The average Bonchev–Trinajstić information content (AvgIpc) is 3.77. The van der Waals surface area contributed by atoms with Crippen LogP contribution in [0.5, 0.6) is 0 Å². The number of anilines is 5. The molecule has 2 nitrogen and oxygen atoms in total. The van der Waals surface area contributed by atoms with E-state index in [1.165, 1.54) is 123 Å². The maximum Gasteiger partial charge on any atom is 0.0563 e. The predicted molar refractivity (Wildman–Crippen MR) is 304 cm³/mol. The Morgan fingerprint density at radius 2 is 0.750 bits per heavy atom. The normalized spacial score (nSPS) is 18.1. The molecule has 0 heterocycles. The van der Waals surface area contributed by atoms with Crippen molar-refractivity contribution in [2.45, 2.75) is 89.5 Å². The number of allylic oxidation sites excluding steroid dienone is 2. The molecule has 0 aromatic heterocycles. The molecule has 1 atom stereocenters. The lowest BCUT2D eigenvalue weighted by Gasteiger charge is -2.44. The molecular weight excluding hydrogens is 869 g/mol. The fourth-order valence-electron chi connectivity index (χ4n) is 14.3. The van der Waals surface area contributed by atoms with E-state index >= 15 is 0 Å². The fraction of sp³-hybridized carbons (Fsp3) is 0.200. The van der Waals surface area contributed by atoms with Crippen molar-refractivity contribution in [1.29, 1.82) is 0 Å². The molecule has 14 rings (SSSR count). The van der Waals surface area contributed by atoms with Crippen LogP contribution in [-0.4, -0.2) is 6.04 Å². The summed E-state index contributed by atoms with van der Waals surface area (Å²) in [6.07, 6.45) is 5.91. The summed E-state index contributed by atoms with van der Waals surface area (Å²) in [5, 5.41) is 2.84. The van der Waals surface area contributed by atoms with Crippen LogP contribution in [0.4, 0.5) is 28.4 Å². The molecule has 0 saturated carbocycles. The molecular formula is C70H60N2. The van der Waals surface area contributed by atoms with Gasteiger partial charge in [0.15, 0.2) is 0 Å². The van der Waals surface area contributed by atoms with Crippen LogP contribution in [0.3, 0.4) is 0 Å². The van der Waals surface area contributed by atoms with Crippen LogP contribution in [0, 0.1) is 0 Å². The highest BCUT2D eigenvalue weighted by Gasteiger charge is 2.43. The third-order valence-electron chi connectivity index (χ3n) is 18.1. The molecule has 2 heteroatoms. The van der Waals surface area contributed by atoms with E-state index in [1.54, 1.807) is 0 Å². The van der Waals surface area contributed by atoms with E-state index < -0.39 is 0 Å². The van der Waals surface area contributed by atoms with E-state index in [2.05, 4.69) is 265 Å². The summed E-state index contributed by atoms with van der Waals surface area (Å²) in [6.45, 7) is 19.4. The number of hydrogen-bond donors (Lipinski definition) is 0. The molecule has 1 unspecified atom stereocenters. The Morgan fingerprint density at radius 3 is 1.33 bits per heavy atom. The molecule has 0 bridgehead atoms. The minimum Gasteiger partial charge on any atom is -0.334 e. The van der Waals surface area contributed by atoms with Gasteiger partial charge in [0, 0.05) is 50.1 Å². The lowest BCUT2D eigenvalue weighted by Crippen LogP contribution is -2.36. The molecule has 0 N–H and O–H groups in total. The molecule has 0 spiro atoms. The number of benzene rings is 9. The Balaban J connectivity index is 0.866. The Kier molecular flexibility index (Phi) is 8.95. The van der Waals surface area contributed by atoms with E-state index in [9.17, 15) is 0 Å². The second-order valence-corrected chi connectivity index (χ2v) is 23.3. The standard InChI is InChI=1S/C70H60N2/c1-67(2)57-25-17-15-23-49(57)51-31-27-45(39-61(51)67)71(43-19-11-9-12-20-43)47-29-33-53-55-35-36-56-54-34-30-48(42-64(54)70(7,8)60-38-37-59(65(55)66(56)60)69(5,6)63(53)41-47)72(44-21-13-10-14-22-44)46-28-32-52-50-24-16-18-26-58(50)68(3,4)62(52)40-46/h9-41,48H,42H2,1-8H3. The topological polar surface area (TPSA) is 6.48 Å². The first-order valence-electron chi connectivity index (χ1n) is 26.1. The van der Waals surface area contributed by atoms with E-state index in [1.807, 2.05) is 0 Å². The summed E-state index contributed by atoms with van der Waals surface area (Å²) >= 11 is 0. The zero-order valence-corrected chi connectivity index (χ0v) is 42.7. The number of fused-ring (bicyclic) bond motifs is 9. The third kappa shape index (κ3) is 5.84. The number of nitrogens with zero attached hydrogens (tertiary/aromatic N) is 2. The quantitative estimate of drug-likeness (QED) is 0.164. The molecule has 5 aliphatic rings. The second-order valence-electron chi connectivity index (χ2n) is 23.3. The van der Waals surface area contributed by atoms with Gasteiger partial charge in [-0.2, -0.15) is 0 Å². The minimum absolute atomic E-state index is 0.0789. The molecule has 0 radical (unpaired) electrons. The largest absolute Gasteiger partial charge is 0.334 e. The molecule has 0 fully saturated rings. The predicted octanol–water partition coefficient (Wildman–Crippen LogP) is 18.4. The van der Waals surface area contributed by atoms with Gasteiger partial charge in [-0.1, -0.05) is 195 Å². The maximum absolute atomic E-state index is 2.60. The smallest absolute Gasteiger partial charge is 0.0563 e. The van der Waals surface area contributed by atoms with Crippen molar-refractivity contribution in [3.05, 3.63) is 250 Å². The van der Waals surface area contributed by atoms with Crippen molar-refractivity contribution in [1.82, 2.24) is 0 Å². The SMILES string of the molecule is CC1(C)C2=C(C=CC(N(c3ccccc3)c3ccc4c(c3)C(C)(C)c3ccccc3-4)C2)c2ccc3c4c(ccc1c24)C(C)(C)c1cc(N(c2ccccc2)c2ccc4c(c2)C(C)(C)c2ccccc2-4)ccc1-3. The van der Waals surface area contributed by atoms with E-state index in [0.717, 1.165) is 12.1 Å². The van der Waals surface area contributed by atoms with Crippen LogP contribution < -0.4 is 9.80 Å². The summed E-state index contributed by atoms with van der Waals surface area (Å²) in [7, 11) is 0. The fourth-order valence-corrected chi connectivity index (χ4v) is 14.3. The molecule has 0 amide bonds. The van der Waals surface area contributed by atoms with Crippen molar-refractivity contribution in [2.24, 2.45) is 0 Å². The van der Waals surface area contributed by atoms with Gasteiger partial charge in [0.2, 0.25) is 0 Å². The lowest BCUT2D eigenvalue weighted by atomic mass is 9.61. The van der Waals surface area contributed by atoms with Gasteiger partial charge in [-0.3, -0.25) is 0 Å². The van der Waals surface area contributed by atoms with Crippen molar-refractivity contribution in [3.8, 4) is 33.4 Å². The monoisotopic (exact) mass is 928 g/mol. The maximum atomic E-state index is 2.60. The molecule has 350 valence electrons. The lowest BCUT2D eigenvalue weighted by molar-refractivity contribution is 0.571.